The average Bonchev–Trinajstić information content (AvgIpc) is 2.66. The number of rotatable bonds is 7. The maximum absolute atomic E-state index is 12.8. The number of nitrogens with zero attached hydrogens (tertiary/aromatic N) is 1. The fourth-order valence-corrected chi connectivity index (χ4v) is 2.64. The van der Waals surface area contributed by atoms with E-state index >= 15 is 0 Å². The molecule has 0 radical (unpaired) electrons. The third-order valence-corrected chi connectivity index (χ3v) is 4.08. The fraction of sp³-hybridized carbons (Fsp3) is 0.263. The molecule has 0 saturated carbocycles. The number of esters is 2. The van der Waals surface area contributed by atoms with Crippen LogP contribution in [0.5, 0.6) is 11.5 Å². The molecule has 0 heterocycles. The Kier molecular flexibility index (Phi) is 7.45. The fourth-order valence-electron chi connectivity index (χ4n) is 2.36. The second-order valence-corrected chi connectivity index (χ2v) is 6.38. The van der Waals surface area contributed by atoms with Crippen LogP contribution < -0.4 is 4.74 Å². The quantitative estimate of drug-likeness (QED) is 0.318. The molecule has 2 aromatic rings. The molecule has 12 heteroatoms. The Labute approximate surface area is 178 Å². The minimum atomic E-state index is -4.66. The summed E-state index contributed by atoms with van der Waals surface area (Å²) in [5, 5.41) is 10.6. The Morgan fingerprint density at radius 3 is 2.32 bits per heavy atom. The highest BCUT2D eigenvalue weighted by atomic mass is 35.5. The maximum Gasteiger partial charge on any atom is 0.417 e. The second-order valence-electron chi connectivity index (χ2n) is 5.98. The number of alkyl halides is 3. The van der Waals surface area contributed by atoms with Crippen molar-refractivity contribution in [3.8, 4) is 11.5 Å². The summed E-state index contributed by atoms with van der Waals surface area (Å²) in [4.78, 5) is 34.4. The third kappa shape index (κ3) is 6.07. The topological polar surface area (TPSA) is 105 Å². The highest BCUT2D eigenvalue weighted by Crippen LogP contribution is 2.37. The smallest absolute Gasteiger partial charge is 0.417 e. The summed E-state index contributed by atoms with van der Waals surface area (Å²) in [5.41, 5.74) is -2.22. The van der Waals surface area contributed by atoms with Crippen molar-refractivity contribution < 1.29 is 41.9 Å². The number of halogens is 4. The van der Waals surface area contributed by atoms with E-state index in [1.807, 2.05) is 0 Å². The van der Waals surface area contributed by atoms with Crippen LogP contribution in [0.4, 0.5) is 18.9 Å². The number of hydrogen-bond acceptors (Lipinski definition) is 7. The molecular formula is C19H15ClF3NO7. The van der Waals surface area contributed by atoms with E-state index in [9.17, 15) is 32.9 Å². The van der Waals surface area contributed by atoms with Crippen LogP contribution in [0.25, 0.3) is 0 Å². The van der Waals surface area contributed by atoms with Gasteiger partial charge in [-0.05, 0) is 32.0 Å². The number of hydrogen-bond donors (Lipinski definition) is 0. The van der Waals surface area contributed by atoms with Gasteiger partial charge in [-0.15, -0.1) is 0 Å². The normalized spacial score (nSPS) is 12.1. The SMILES string of the molecule is CCOC(=O)C(C)OC(=O)c1cc(Oc2ccc(C(F)(F)F)c(Cl)c2)ccc1[N+](=O)[O-]. The van der Waals surface area contributed by atoms with Gasteiger partial charge in [0.15, 0.2) is 6.10 Å². The van der Waals surface area contributed by atoms with E-state index in [2.05, 4.69) is 0 Å². The van der Waals surface area contributed by atoms with Gasteiger partial charge < -0.3 is 14.2 Å². The average molecular weight is 462 g/mol. The van der Waals surface area contributed by atoms with Gasteiger partial charge in [-0.25, -0.2) is 9.59 Å². The summed E-state index contributed by atoms with van der Waals surface area (Å²) in [6, 6.07) is 5.66. The Balaban J connectivity index is 2.31. The number of benzene rings is 2. The summed E-state index contributed by atoms with van der Waals surface area (Å²) < 4.78 is 53.4. The van der Waals surface area contributed by atoms with E-state index in [4.69, 9.17) is 25.8 Å². The molecule has 1 unspecified atom stereocenters. The van der Waals surface area contributed by atoms with E-state index in [0.717, 1.165) is 30.3 Å². The predicted molar refractivity (Wildman–Crippen MR) is 101 cm³/mol. The van der Waals surface area contributed by atoms with Crippen molar-refractivity contribution in [1.82, 2.24) is 0 Å². The van der Waals surface area contributed by atoms with Gasteiger partial charge in [0.25, 0.3) is 5.69 Å². The molecule has 0 N–H and O–H groups in total. The summed E-state index contributed by atoms with van der Waals surface area (Å²) in [7, 11) is 0. The van der Waals surface area contributed by atoms with Crippen LogP contribution in [0.2, 0.25) is 5.02 Å². The summed E-state index contributed by atoms with van der Waals surface area (Å²) in [6.07, 6.45) is -5.99. The Bertz CT molecular complexity index is 1010. The van der Waals surface area contributed by atoms with Crippen molar-refractivity contribution in [3.05, 3.63) is 62.7 Å². The first-order chi connectivity index (χ1) is 14.4. The van der Waals surface area contributed by atoms with Crippen LogP contribution in [-0.4, -0.2) is 29.6 Å². The lowest BCUT2D eigenvalue weighted by atomic mass is 10.1. The molecule has 0 amide bonds. The molecule has 0 fully saturated rings. The molecule has 1 atom stereocenters. The summed E-state index contributed by atoms with van der Waals surface area (Å²) >= 11 is 5.63. The van der Waals surface area contributed by atoms with Gasteiger partial charge in [0.1, 0.15) is 17.1 Å². The molecule has 0 aliphatic heterocycles. The minimum absolute atomic E-state index is 0.0416. The predicted octanol–water partition coefficient (Wildman–Crippen LogP) is 5.17. The first kappa shape index (κ1) is 23.9. The zero-order chi connectivity index (χ0) is 23.3. The highest BCUT2D eigenvalue weighted by molar-refractivity contribution is 6.31. The number of nitro groups is 1. The highest BCUT2D eigenvalue weighted by Gasteiger charge is 2.33. The molecule has 0 aliphatic rings. The minimum Gasteiger partial charge on any atom is -0.463 e. The summed E-state index contributed by atoms with van der Waals surface area (Å²) in [5.74, 6) is -2.25. The van der Waals surface area contributed by atoms with Gasteiger partial charge >= 0.3 is 18.1 Å². The lowest BCUT2D eigenvalue weighted by Gasteiger charge is -2.13. The van der Waals surface area contributed by atoms with Crippen LogP contribution in [0.15, 0.2) is 36.4 Å². The van der Waals surface area contributed by atoms with Crippen LogP contribution >= 0.6 is 11.6 Å². The van der Waals surface area contributed by atoms with E-state index in [0.29, 0.717) is 6.07 Å². The molecule has 166 valence electrons. The van der Waals surface area contributed by atoms with Crippen molar-refractivity contribution in [3.63, 3.8) is 0 Å². The van der Waals surface area contributed by atoms with E-state index in [1.54, 1.807) is 6.92 Å². The molecule has 0 saturated heterocycles. The molecule has 0 aliphatic carbocycles. The standard InChI is InChI=1S/C19H15ClF3NO7/c1-3-29-17(25)10(2)30-18(26)13-8-11(5-7-16(13)24(27)28)31-12-4-6-14(15(20)9-12)19(21,22)23/h4-10H,3H2,1-2H3. The Morgan fingerprint density at radius 2 is 1.77 bits per heavy atom. The van der Waals surface area contributed by atoms with Crippen molar-refractivity contribution in [2.45, 2.75) is 26.1 Å². The number of nitro benzene ring substituents is 1. The van der Waals surface area contributed by atoms with Gasteiger partial charge in [-0.3, -0.25) is 10.1 Å². The molecule has 2 aromatic carbocycles. The van der Waals surface area contributed by atoms with Crippen molar-refractivity contribution in [2.24, 2.45) is 0 Å². The molecule has 8 nitrogen and oxygen atoms in total. The zero-order valence-corrected chi connectivity index (χ0v) is 16.8. The number of carbonyl (C=O) groups excluding carboxylic acids is 2. The van der Waals surface area contributed by atoms with Crippen LogP contribution in [0.1, 0.15) is 29.8 Å². The molecular weight excluding hydrogens is 447 g/mol. The van der Waals surface area contributed by atoms with Crippen molar-refractivity contribution in [1.29, 1.82) is 0 Å². The van der Waals surface area contributed by atoms with Gasteiger partial charge in [-0.2, -0.15) is 13.2 Å². The molecule has 0 spiro atoms. The zero-order valence-electron chi connectivity index (χ0n) is 16.1. The summed E-state index contributed by atoms with van der Waals surface area (Å²) in [6.45, 7) is 2.82. The van der Waals surface area contributed by atoms with E-state index in [-0.39, 0.29) is 18.1 Å². The molecule has 0 aromatic heterocycles. The lowest BCUT2D eigenvalue weighted by molar-refractivity contribution is -0.385. The largest absolute Gasteiger partial charge is 0.463 e. The Hall–Kier alpha value is -3.34. The van der Waals surface area contributed by atoms with Crippen LogP contribution in [-0.2, 0) is 20.4 Å². The van der Waals surface area contributed by atoms with E-state index < -0.39 is 51.0 Å². The lowest BCUT2D eigenvalue weighted by Crippen LogP contribution is -2.26. The monoisotopic (exact) mass is 461 g/mol. The number of ether oxygens (including phenoxy) is 3. The van der Waals surface area contributed by atoms with Crippen molar-refractivity contribution in [2.75, 3.05) is 6.61 Å². The Morgan fingerprint density at radius 1 is 1.16 bits per heavy atom. The van der Waals surface area contributed by atoms with Crippen molar-refractivity contribution >= 4 is 29.2 Å². The molecule has 31 heavy (non-hydrogen) atoms. The second kappa shape index (κ2) is 9.65. The van der Waals surface area contributed by atoms with Gasteiger partial charge in [0.05, 0.1) is 22.1 Å². The third-order valence-electron chi connectivity index (χ3n) is 3.77. The maximum atomic E-state index is 12.8. The van der Waals surface area contributed by atoms with Gasteiger partial charge in [0, 0.05) is 18.2 Å². The molecule has 0 bridgehead atoms. The molecule has 2 rings (SSSR count). The van der Waals surface area contributed by atoms with Gasteiger partial charge in [-0.1, -0.05) is 11.6 Å². The van der Waals surface area contributed by atoms with E-state index in [1.165, 1.54) is 6.92 Å². The van der Waals surface area contributed by atoms with Crippen LogP contribution in [0, 0.1) is 10.1 Å². The number of carbonyl (C=O) groups is 2. The van der Waals surface area contributed by atoms with Crippen LogP contribution in [0.3, 0.4) is 0 Å². The first-order valence-corrected chi connectivity index (χ1v) is 9.02. The first-order valence-electron chi connectivity index (χ1n) is 8.64. The van der Waals surface area contributed by atoms with Gasteiger partial charge in [0.2, 0.25) is 0 Å².